The van der Waals surface area contributed by atoms with Crippen molar-refractivity contribution in [1.29, 1.82) is 0 Å². The minimum absolute atomic E-state index is 0.182. The second-order valence-corrected chi connectivity index (χ2v) is 5.92. The van der Waals surface area contributed by atoms with Crippen LogP contribution in [0.2, 0.25) is 0 Å². The van der Waals surface area contributed by atoms with E-state index in [9.17, 15) is 4.39 Å². The van der Waals surface area contributed by atoms with Gasteiger partial charge in [0, 0.05) is 11.5 Å². The largest absolute Gasteiger partial charge is 0.375 e. The van der Waals surface area contributed by atoms with Crippen LogP contribution in [0, 0.1) is 12.7 Å². The number of hydrogen-bond donors (Lipinski definition) is 1. The maximum Gasteiger partial charge on any atom is 0.146 e. The molecule has 19 heavy (non-hydrogen) atoms. The zero-order valence-electron chi connectivity index (χ0n) is 10.8. The van der Waals surface area contributed by atoms with E-state index in [-0.39, 0.29) is 11.9 Å². The van der Waals surface area contributed by atoms with E-state index in [4.69, 9.17) is 0 Å². The summed E-state index contributed by atoms with van der Waals surface area (Å²) in [7, 11) is 0. The monoisotopic (exact) mass is 273 g/mol. The Kier molecular flexibility index (Phi) is 3.47. The number of rotatable bonds is 2. The van der Waals surface area contributed by atoms with Gasteiger partial charge in [0.2, 0.25) is 0 Å². The Bertz CT molecular complexity index is 597. The molecule has 0 amide bonds. The third-order valence-electron chi connectivity index (χ3n) is 3.42. The van der Waals surface area contributed by atoms with Crippen molar-refractivity contribution in [2.45, 2.75) is 18.7 Å². The van der Waals surface area contributed by atoms with Crippen LogP contribution in [0.25, 0.3) is 0 Å². The van der Waals surface area contributed by atoms with Crippen LogP contribution < -0.4 is 5.32 Å². The smallest absolute Gasteiger partial charge is 0.146 e. The number of benzene rings is 2. The van der Waals surface area contributed by atoms with Crippen LogP contribution in [0.5, 0.6) is 0 Å². The summed E-state index contributed by atoms with van der Waals surface area (Å²) in [6.45, 7) is 1.98. The van der Waals surface area contributed by atoms with Gasteiger partial charge in [-0.2, -0.15) is 11.8 Å². The zero-order valence-corrected chi connectivity index (χ0v) is 11.6. The third kappa shape index (κ3) is 2.61. The van der Waals surface area contributed by atoms with Crippen LogP contribution in [0.3, 0.4) is 0 Å². The highest BCUT2D eigenvalue weighted by molar-refractivity contribution is 7.98. The fraction of sp³-hybridized carbons (Fsp3) is 0.250. The van der Waals surface area contributed by atoms with Gasteiger partial charge in [-0.05, 0) is 35.7 Å². The van der Waals surface area contributed by atoms with Gasteiger partial charge in [0.25, 0.3) is 0 Å². The summed E-state index contributed by atoms with van der Waals surface area (Å²) >= 11 is 1.89. The minimum Gasteiger partial charge on any atom is -0.375 e. The lowest BCUT2D eigenvalue weighted by Gasteiger charge is -2.27. The van der Waals surface area contributed by atoms with E-state index in [2.05, 4.69) is 29.6 Å². The summed E-state index contributed by atoms with van der Waals surface area (Å²) in [6, 6.07) is 13.8. The fourth-order valence-electron chi connectivity index (χ4n) is 2.44. The van der Waals surface area contributed by atoms with Gasteiger partial charge in [-0.3, -0.25) is 0 Å². The van der Waals surface area contributed by atoms with Crippen LogP contribution in [-0.4, -0.2) is 5.75 Å². The van der Waals surface area contributed by atoms with Crippen LogP contribution in [0.4, 0.5) is 10.1 Å². The van der Waals surface area contributed by atoms with Crippen molar-refractivity contribution in [2.24, 2.45) is 0 Å². The highest BCUT2D eigenvalue weighted by Crippen LogP contribution is 2.34. The second kappa shape index (κ2) is 5.25. The second-order valence-electron chi connectivity index (χ2n) is 4.89. The Balaban J connectivity index is 1.90. The van der Waals surface area contributed by atoms with Crippen LogP contribution in [0.1, 0.15) is 22.7 Å². The minimum atomic E-state index is -0.182. The average Bonchev–Trinajstić information content (AvgIpc) is 2.43. The lowest BCUT2D eigenvalue weighted by Crippen LogP contribution is -2.19. The highest BCUT2D eigenvalue weighted by Gasteiger charge is 2.20. The van der Waals surface area contributed by atoms with Gasteiger partial charge in [0.1, 0.15) is 5.82 Å². The molecule has 1 nitrogen and oxygen atoms in total. The van der Waals surface area contributed by atoms with E-state index in [1.54, 1.807) is 6.07 Å². The first kappa shape index (κ1) is 12.5. The van der Waals surface area contributed by atoms with Crippen molar-refractivity contribution in [3.63, 3.8) is 0 Å². The molecule has 0 saturated heterocycles. The van der Waals surface area contributed by atoms with Crippen molar-refractivity contribution < 1.29 is 4.39 Å². The van der Waals surface area contributed by atoms with E-state index in [1.807, 2.05) is 24.8 Å². The average molecular weight is 273 g/mol. The van der Waals surface area contributed by atoms with Gasteiger partial charge < -0.3 is 5.32 Å². The molecule has 2 aromatic carbocycles. The molecule has 3 heteroatoms. The molecule has 2 aromatic rings. The number of halogens is 1. The molecule has 1 N–H and O–H groups in total. The van der Waals surface area contributed by atoms with Gasteiger partial charge in [-0.1, -0.05) is 30.3 Å². The summed E-state index contributed by atoms with van der Waals surface area (Å²) in [6.07, 6.45) is 0. The normalized spacial score (nSPS) is 17.9. The van der Waals surface area contributed by atoms with Gasteiger partial charge in [-0.15, -0.1) is 0 Å². The molecule has 1 unspecified atom stereocenters. The Morgan fingerprint density at radius 1 is 1.21 bits per heavy atom. The first-order chi connectivity index (χ1) is 9.24. The molecule has 0 spiro atoms. The lowest BCUT2D eigenvalue weighted by molar-refractivity contribution is 0.627. The first-order valence-corrected chi connectivity index (χ1v) is 7.58. The molecule has 0 bridgehead atoms. The molecule has 1 heterocycles. The molecular weight excluding hydrogens is 257 g/mol. The Morgan fingerprint density at radius 3 is 2.95 bits per heavy atom. The molecule has 1 aliphatic rings. The summed E-state index contributed by atoms with van der Waals surface area (Å²) in [5, 5.41) is 3.35. The summed E-state index contributed by atoms with van der Waals surface area (Å²) in [4.78, 5) is 0. The van der Waals surface area contributed by atoms with E-state index in [0.29, 0.717) is 5.69 Å². The van der Waals surface area contributed by atoms with Crippen molar-refractivity contribution >= 4 is 17.4 Å². The summed E-state index contributed by atoms with van der Waals surface area (Å²) < 4.78 is 13.8. The number of aryl methyl sites for hydroxylation is 1. The molecular formula is C16H16FNS. The summed E-state index contributed by atoms with van der Waals surface area (Å²) in [5.41, 5.74) is 4.31. The van der Waals surface area contributed by atoms with Crippen molar-refractivity contribution in [3.8, 4) is 0 Å². The predicted molar refractivity (Wildman–Crippen MR) is 80.1 cm³/mol. The van der Waals surface area contributed by atoms with Crippen molar-refractivity contribution in [1.82, 2.24) is 0 Å². The topological polar surface area (TPSA) is 12.0 Å². The molecule has 98 valence electrons. The fourth-order valence-corrected chi connectivity index (χ4v) is 3.54. The van der Waals surface area contributed by atoms with Crippen LogP contribution >= 0.6 is 11.8 Å². The number of anilines is 1. The molecule has 0 radical (unpaired) electrons. The van der Waals surface area contributed by atoms with Gasteiger partial charge in [0.05, 0.1) is 11.7 Å². The van der Waals surface area contributed by atoms with Gasteiger partial charge >= 0.3 is 0 Å². The predicted octanol–water partition coefficient (Wildman–Crippen LogP) is 4.53. The number of nitrogens with one attached hydrogen (secondary N) is 1. The SMILES string of the molecule is Cc1ccc(F)c(NC2CSCc3ccccc32)c1. The highest BCUT2D eigenvalue weighted by atomic mass is 32.2. The van der Waals surface area contributed by atoms with E-state index >= 15 is 0 Å². The Morgan fingerprint density at radius 2 is 2.05 bits per heavy atom. The molecule has 0 saturated carbocycles. The Hall–Kier alpha value is -1.48. The van der Waals surface area contributed by atoms with E-state index in [0.717, 1.165) is 17.1 Å². The Labute approximate surface area is 117 Å². The molecule has 1 aliphatic heterocycles. The quantitative estimate of drug-likeness (QED) is 0.862. The first-order valence-electron chi connectivity index (χ1n) is 6.42. The molecule has 0 aromatic heterocycles. The zero-order chi connectivity index (χ0) is 13.2. The van der Waals surface area contributed by atoms with Crippen molar-refractivity contribution in [3.05, 3.63) is 65.0 Å². The van der Waals surface area contributed by atoms with Crippen molar-refractivity contribution in [2.75, 3.05) is 11.1 Å². The molecule has 1 atom stereocenters. The number of hydrogen-bond acceptors (Lipinski definition) is 2. The van der Waals surface area contributed by atoms with E-state index < -0.39 is 0 Å². The molecule has 0 aliphatic carbocycles. The van der Waals surface area contributed by atoms with Crippen LogP contribution in [-0.2, 0) is 5.75 Å². The maximum atomic E-state index is 13.8. The third-order valence-corrected chi connectivity index (χ3v) is 4.51. The standard InChI is InChI=1S/C16H16FNS/c1-11-6-7-14(17)15(8-11)18-16-10-19-9-12-4-2-3-5-13(12)16/h2-8,16,18H,9-10H2,1H3. The number of thioether (sulfide) groups is 1. The van der Waals surface area contributed by atoms with Gasteiger partial charge in [0.15, 0.2) is 0 Å². The maximum absolute atomic E-state index is 13.8. The molecule has 3 rings (SSSR count). The number of fused-ring (bicyclic) bond motifs is 1. The van der Waals surface area contributed by atoms with Gasteiger partial charge in [-0.25, -0.2) is 4.39 Å². The lowest BCUT2D eigenvalue weighted by atomic mass is 10.0. The molecule has 0 fully saturated rings. The van der Waals surface area contributed by atoms with E-state index in [1.165, 1.54) is 17.2 Å². The summed E-state index contributed by atoms with van der Waals surface area (Å²) in [5.74, 6) is 1.84. The van der Waals surface area contributed by atoms with Crippen LogP contribution in [0.15, 0.2) is 42.5 Å².